The molecule has 5 rings (SSSR count). The van der Waals surface area contributed by atoms with E-state index in [2.05, 4.69) is 20.2 Å². The monoisotopic (exact) mass is 439 g/mol. The van der Waals surface area contributed by atoms with Gasteiger partial charge in [0.2, 0.25) is 11.8 Å². The Morgan fingerprint density at radius 1 is 1.20 bits per heavy atom. The van der Waals surface area contributed by atoms with Crippen molar-refractivity contribution in [3.05, 3.63) is 57.8 Å². The average molecular weight is 440 g/mol. The van der Waals surface area contributed by atoms with Crippen molar-refractivity contribution in [3.63, 3.8) is 0 Å². The van der Waals surface area contributed by atoms with Gasteiger partial charge in [-0.1, -0.05) is 42.1 Å². The first-order valence-electron chi connectivity index (χ1n) is 9.46. The lowest BCUT2D eigenvalue weighted by Crippen LogP contribution is -2.23. The normalized spacial score (nSPS) is 14.1. The van der Waals surface area contributed by atoms with Gasteiger partial charge in [-0.15, -0.1) is 21.5 Å². The van der Waals surface area contributed by atoms with Crippen LogP contribution in [0.15, 0.2) is 50.1 Å². The highest BCUT2D eigenvalue weighted by Gasteiger charge is 2.22. The van der Waals surface area contributed by atoms with E-state index >= 15 is 0 Å². The first-order chi connectivity index (χ1) is 14.7. The summed E-state index contributed by atoms with van der Waals surface area (Å²) in [5.74, 6) is 1.47. The fourth-order valence-corrected chi connectivity index (χ4v) is 5.03. The zero-order valence-corrected chi connectivity index (χ0v) is 17.5. The van der Waals surface area contributed by atoms with Gasteiger partial charge in [0.15, 0.2) is 0 Å². The highest BCUT2D eigenvalue weighted by molar-refractivity contribution is 7.98. The van der Waals surface area contributed by atoms with Crippen molar-refractivity contribution in [1.29, 1.82) is 0 Å². The van der Waals surface area contributed by atoms with Gasteiger partial charge in [-0.25, -0.2) is 4.98 Å². The summed E-state index contributed by atoms with van der Waals surface area (Å²) in [6.07, 6.45) is 1.44. The number of fused-ring (bicyclic) bond motifs is 1. The van der Waals surface area contributed by atoms with Gasteiger partial charge in [0.1, 0.15) is 10.7 Å². The number of H-pyrrole nitrogens is 1. The SMILES string of the molecule is O=C1CCCN1Cc1nnc(SCc2nc3scc(-c4ccccc4)c3c(=O)[nH]2)o1. The van der Waals surface area contributed by atoms with E-state index in [-0.39, 0.29) is 11.5 Å². The lowest BCUT2D eigenvalue weighted by atomic mass is 10.1. The maximum atomic E-state index is 12.7. The van der Waals surface area contributed by atoms with Gasteiger partial charge in [0.05, 0.1) is 17.7 Å². The van der Waals surface area contributed by atoms with E-state index in [9.17, 15) is 9.59 Å². The van der Waals surface area contributed by atoms with E-state index in [1.165, 1.54) is 23.1 Å². The van der Waals surface area contributed by atoms with Crippen LogP contribution in [0.2, 0.25) is 0 Å². The Morgan fingerprint density at radius 2 is 2.07 bits per heavy atom. The molecule has 30 heavy (non-hydrogen) atoms. The first kappa shape index (κ1) is 19.0. The number of aromatic amines is 1. The van der Waals surface area contributed by atoms with Crippen LogP contribution in [0.3, 0.4) is 0 Å². The molecule has 1 saturated heterocycles. The van der Waals surface area contributed by atoms with E-state index < -0.39 is 0 Å². The number of rotatable bonds is 6. The molecule has 1 amide bonds. The van der Waals surface area contributed by atoms with Crippen LogP contribution < -0.4 is 5.56 Å². The van der Waals surface area contributed by atoms with Crippen LogP contribution in [0, 0.1) is 0 Å². The summed E-state index contributed by atoms with van der Waals surface area (Å²) in [4.78, 5) is 34.3. The number of nitrogens with one attached hydrogen (secondary N) is 1. The number of hydrogen-bond donors (Lipinski definition) is 1. The minimum absolute atomic E-state index is 0.114. The number of hydrogen-bond acceptors (Lipinski definition) is 8. The van der Waals surface area contributed by atoms with Gasteiger partial charge in [-0.3, -0.25) is 9.59 Å². The molecule has 4 heterocycles. The molecule has 0 atom stereocenters. The van der Waals surface area contributed by atoms with Crippen LogP contribution in [0.5, 0.6) is 0 Å². The Balaban J connectivity index is 1.31. The molecule has 0 spiro atoms. The van der Waals surface area contributed by atoms with Crippen LogP contribution in [0.1, 0.15) is 24.6 Å². The number of benzene rings is 1. The summed E-state index contributed by atoms with van der Waals surface area (Å²) in [6.45, 7) is 1.06. The highest BCUT2D eigenvalue weighted by atomic mass is 32.2. The van der Waals surface area contributed by atoms with E-state index in [4.69, 9.17) is 4.42 Å². The molecule has 1 aliphatic heterocycles. The number of amides is 1. The number of thiophene rings is 1. The molecule has 0 saturated carbocycles. The van der Waals surface area contributed by atoms with Crippen LogP contribution in [0.4, 0.5) is 0 Å². The minimum atomic E-state index is -0.158. The average Bonchev–Trinajstić information content (AvgIpc) is 3.48. The standard InChI is InChI=1S/C20H17N5O3S2/c26-16-7-4-8-25(16)9-15-23-24-20(28-15)30-11-14-21-18(27)17-13(10-29-19(17)22-14)12-5-2-1-3-6-12/h1-3,5-6,10H,4,7-9,11H2,(H,21,22,27). The van der Waals surface area contributed by atoms with Crippen LogP contribution in [0.25, 0.3) is 21.3 Å². The molecule has 3 aromatic heterocycles. The Bertz CT molecular complexity index is 1260. The van der Waals surface area contributed by atoms with Crippen LogP contribution in [-0.2, 0) is 17.1 Å². The Hall–Kier alpha value is -2.98. The summed E-state index contributed by atoms with van der Waals surface area (Å²) in [5.41, 5.74) is 1.73. The van der Waals surface area contributed by atoms with Crippen molar-refractivity contribution in [3.8, 4) is 11.1 Å². The van der Waals surface area contributed by atoms with E-state index in [0.29, 0.717) is 45.9 Å². The molecule has 1 fully saturated rings. The van der Waals surface area contributed by atoms with E-state index in [1.807, 2.05) is 35.7 Å². The molecule has 1 N–H and O–H groups in total. The minimum Gasteiger partial charge on any atom is -0.414 e. The second-order valence-corrected chi connectivity index (χ2v) is 8.66. The third kappa shape index (κ3) is 3.75. The molecule has 1 aromatic carbocycles. The zero-order chi connectivity index (χ0) is 20.5. The lowest BCUT2D eigenvalue weighted by molar-refractivity contribution is -0.128. The fraction of sp³-hybridized carbons (Fsp3) is 0.250. The van der Waals surface area contributed by atoms with Crippen LogP contribution >= 0.6 is 23.1 Å². The zero-order valence-electron chi connectivity index (χ0n) is 15.8. The van der Waals surface area contributed by atoms with Crippen molar-refractivity contribution >= 4 is 39.2 Å². The molecule has 0 unspecified atom stereocenters. The van der Waals surface area contributed by atoms with Gasteiger partial charge in [0, 0.05) is 23.9 Å². The predicted molar refractivity (Wildman–Crippen MR) is 114 cm³/mol. The van der Waals surface area contributed by atoms with Crippen molar-refractivity contribution in [2.24, 2.45) is 0 Å². The summed E-state index contributed by atoms with van der Waals surface area (Å²) >= 11 is 2.75. The van der Waals surface area contributed by atoms with E-state index in [0.717, 1.165) is 24.1 Å². The van der Waals surface area contributed by atoms with Crippen molar-refractivity contribution in [2.45, 2.75) is 30.4 Å². The van der Waals surface area contributed by atoms with Crippen molar-refractivity contribution < 1.29 is 9.21 Å². The largest absolute Gasteiger partial charge is 0.414 e. The van der Waals surface area contributed by atoms with Crippen molar-refractivity contribution in [1.82, 2.24) is 25.1 Å². The number of likely N-dealkylation sites (tertiary alicyclic amines) is 1. The Morgan fingerprint density at radius 3 is 2.87 bits per heavy atom. The Labute approximate surface area is 179 Å². The second kappa shape index (κ2) is 8.04. The third-order valence-corrected chi connectivity index (χ3v) is 6.56. The molecule has 0 aliphatic carbocycles. The molecular weight excluding hydrogens is 422 g/mol. The number of thioether (sulfide) groups is 1. The summed E-state index contributed by atoms with van der Waals surface area (Å²) in [7, 11) is 0. The maximum Gasteiger partial charge on any atom is 0.277 e. The smallest absolute Gasteiger partial charge is 0.277 e. The molecule has 1 aliphatic rings. The molecule has 152 valence electrons. The van der Waals surface area contributed by atoms with Crippen LogP contribution in [-0.4, -0.2) is 37.5 Å². The number of nitrogens with zero attached hydrogens (tertiary/aromatic N) is 4. The molecular formula is C20H17N5O3S2. The van der Waals surface area contributed by atoms with Crippen molar-refractivity contribution in [2.75, 3.05) is 6.54 Å². The third-order valence-electron chi connectivity index (χ3n) is 4.86. The number of carbonyl (C=O) groups is 1. The van der Waals surface area contributed by atoms with Gasteiger partial charge < -0.3 is 14.3 Å². The van der Waals surface area contributed by atoms with E-state index in [1.54, 1.807) is 4.90 Å². The lowest BCUT2D eigenvalue weighted by Gasteiger charge is -2.11. The molecule has 8 nitrogen and oxygen atoms in total. The molecule has 0 bridgehead atoms. The number of aromatic nitrogens is 4. The van der Waals surface area contributed by atoms with Gasteiger partial charge in [-0.2, -0.15) is 0 Å². The number of carbonyl (C=O) groups excluding carboxylic acids is 1. The summed E-state index contributed by atoms with van der Waals surface area (Å²) in [5, 5.41) is 11.0. The fourth-order valence-electron chi connectivity index (χ4n) is 3.42. The molecule has 0 radical (unpaired) electrons. The summed E-state index contributed by atoms with van der Waals surface area (Å²) < 4.78 is 5.62. The Kier molecular flexibility index (Phi) is 5.09. The van der Waals surface area contributed by atoms with Gasteiger partial charge >= 0.3 is 0 Å². The molecule has 10 heteroatoms. The predicted octanol–water partition coefficient (Wildman–Crippen LogP) is 3.45. The van der Waals surface area contributed by atoms with Gasteiger partial charge in [0.25, 0.3) is 10.8 Å². The highest BCUT2D eigenvalue weighted by Crippen LogP contribution is 2.31. The van der Waals surface area contributed by atoms with Gasteiger partial charge in [-0.05, 0) is 12.0 Å². The molecule has 4 aromatic rings. The summed E-state index contributed by atoms with van der Waals surface area (Å²) in [6, 6.07) is 9.80. The quantitative estimate of drug-likeness (QED) is 0.459. The first-order valence-corrected chi connectivity index (χ1v) is 11.3. The topological polar surface area (TPSA) is 105 Å². The maximum absolute atomic E-state index is 12.7. The second-order valence-electron chi connectivity index (χ2n) is 6.88.